The first kappa shape index (κ1) is 34.0. The van der Waals surface area contributed by atoms with Crippen LogP contribution < -0.4 is 5.73 Å². The summed E-state index contributed by atoms with van der Waals surface area (Å²) in [7, 11) is 1.87. The van der Waals surface area contributed by atoms with E-state index in [4.69, 9.17) is 5.73 Å². The molecule has 6 atom stereocenters. The number of amides is 1. The molecule has 0 saturated heterocycles. The molecule has 0 aromatic heterocycles. The van der Waals surface area contributed by atoms with Crippen LogP contribution in [0.3, 0.4) is 0 Å². The standard InChI is InChI=1S/C38H58N2O.C2H6/c1-6-8-9-12-33-17-18-34(38(39)24-20-31-26-37(21-10-11-22-37)23-19-32(31)27-38)36(33,4)25-28(3)29-13-15-30(16-14-29)35(41)40(5)7-2;1-2/h6,13-16,27-28,31,33-34H,1,7-12,17-26,39H2,2-5H3;1-2H3. The molecule has 3 heteroatoms. The monoisotopic (exact) mass is 589 g/mol. The zero-order chi connectivity index (χ0) is 31.3. The first-order chi connectivity index (χ1) is 20.6. The number of nitrogens with zero attached hydrogens (tertiary/aromatic N) is 1. The third kappa shape index (κ3) is 7.18. The number of benzene rings is 1. The maximum atomic E-state index is 12.7. The van der Waals surface area contributed by atoms with E-state index in [0.29, 0.717) is 23.2 Å². The summed E-state index contributed by atoms with van der Waals surface area (Å²) in [6, 6.07) is 8.47. The van der Waals surface area contributed by atoms with E-state index >= 15 is 0 Å². The summed E-state index contributed by atoms with van der Waals surface area (Å²) in [5.74, 6) is 2.56. The van der Waals surface area contributed by atoms with Gasteiger partial charge in [0.25, 0.3) is 5.91 Å². The lowest BCUT2D eigenvalue weighted by molar-refractivity contribution is 0.0688. The van der Waals surface area contributed by atoms with Gasteiger partial charge in [-0.1, -0.05) is 70.4 Å². The van der Waals surface area contributed by atoms with E-state index in [1.807, 2.05) is 40.0 Å². The van der Waals surface area contributed by atoms with Gasteiger partial charge in [-0.25, -0.2) is 0 Å². The third-order valence-corrected chi connectivity index (χ3v) is 12.6. The molecule has 5 rings (SSSR count). The number of unbranched alkanes of at least 4 members (excludes halogenated alkanes) is 1. The van der Waals surface area contributed by atoms with Crippen molar-refractivity contribution < 1.29 is 4.79 Å². The summed E-state index contributed by atoms with van der Waals surface area (Å²) < 4.78 is 0. The van der Waals surface area contributed by atoms with Gasteiger partial charge in [-0.15, -0.1) is 6.58 Å². The number of carbonyl (C=O) groups is 1. The van der Waals surface area contributed by atoms with Gasteiger partial charge in [0.2, 0.25) is 0 Å². The van der Waals surface area contributed by atoms with Gasteiger partial charge < -0.3 is 10.6 Å². The lowest BCUT2D eigenvalue weighted by Crippen LogP contribution is -2.53. The molecule has 0 heterocycles. The van der Waals surface area contributed by atoms with Gasteiger partial charge in [0.15, 0.2) is 0 Å². The van der Waals surface area contributed by atoms with Crippen LogP contribution in [-0.2, 0) is 0 Å². The molecule has 2 N–H and O–H groups in total. The van der Waals surface area contributed by atoms with Crippen LogP contribution in [0.1, 0.15) is 153 Å². The molecule has 1 aromatic carbocycles. The molecule has 0 radical (unpaired) electrons. The molecule has 3 saturated carbocycles. The Labute approximate surface area is 265 Å². The molecule has 3 nitrogen and oxygen atoms in total. The van der Waals surface area contributed by atoms with Crippen molar-refractivity contribution in [1.82, 2.24) is 4.90 Å². The van der Waals surface area contributed by atoms with Crippen LogP contribution in [0.5, 0.6) is 0 Å². The van der Waals surface area contributed by atoms with Crippen molar-refractivity contribution in [2.75, 3.05) is 13.6 Å². The van der Waals surface area contributed by atoms with Crippen LogP contribution in [-0.4, -0.2) is 29.9 Å². The Morgan fingerprint density at radius 3 is 2.44 bits per heavy atom. The molecule has 1 spiro atoms. The molecule has 0 aliphatic heterocycles. The van der Waals surface area contributed by atoms with Crippen molar-refractivity contribution >= 4 is 5.91 Å². The molecule has 240 valence electrons. The molecular formula is C40H64N2O. The highest BCUT2D eigenvalue weighted by molar-refractivity contribution is 5.94. The van der Waals surface area contributed by atoms with Gasteiger partial charge in [-0.3, -0.25) is 4.79 Å². The average Bonchev–Trinajstić information content (AvgIpc) is 3.61. The fourth-order valence-corrected chi connectivity index (χ4v) is 10.1. The zero-order valence-corrected chi connectivity index (χ0v) is 28.7. The smallest absolute Gasteiger partial charge is 0.253 e. The molecule has 4 aliphatic rings. The highest BCUT2D eigenvalue weighted by atomic mass is 16.2. The minimum absolute atomic E-state index is 0.104. The molecule has 0 bridgehead atoms. The van der Waals surface area contributed by atoms with Crippen LogP contribution >= 0.6 is 0 Å². The number of fused-ring (bicyclic) bond motifs is 1. The Balaban J connectivity index is 0.00000207. The second kappa shape index (κ2) is 14.5. The first-order valence-corrected chi connectivity index (χ1v) is 18.1. The lowest BCUT2D eigenvalue weighted by Gasteiger charge is -2.51. The number of rotatable bonds is 10. The SMILES string of the molecule is C=CCCCC1CCC(C2(N)C=C3CCC4(CCCC4)CC3CC2)C1(C)CC(C)c1ccc(C(=O)N(C)CC)cc1.CC. The second-order valence-corrected chi connectivity index (χ2v) is 15.1. The second-order valence-electron chi connectivity index (χ2n) is 15.1. The predicted octanol–water partition coefficient (Wildman–Crippen LogP) is 10.5. The van der Waals surface area contributed by atoms with E-state index in [1.165, 1.54) is 82.6 Å². The maximum Gasteiger partial charge on any atom is 0.253 e. The van der Waals surface area contributed by atoms with Crippen molar-refractivity contribution in [3.63, 3.8) is 0 Å². The van der Waals surface area contributed by atoms with Crippen molar-refractivity contribution in [3.8, 4) is 0 Å². The molecule has 6 unspecified atom stereocenters. The van der Waals surface area contributed by atoms with Crippen LogP contribution in [0, 0.1) is 28.6 Å². The fraction of sp³-hybridized carbons (Fsp3) is 0.725. The van der Waals surface area contributed by atoms with Crippen molar-refractivity contribution in [3.05, 3.63) is 59.7 Å². The van der Waals surface area contributed by atoms with E-state index in [1.54, 1.807) is 10.5 Å². The summed E-state index contributed by atoms with van der Waals surface area (Å²) in [5.41, 5.74) is 12.1. The summed E-state index contributed by atoms with van der Waals surface area (Å²) in [4.78, 5) is 14.5. The van der Waals surface area contributed by atoms with E-state index in [9.17, 15) is 4.79 Å². The molecule has 4 aliphatic carbocycles. The number of hydrogen-bond acceptors (Lipinski definition) is 2. The van der Waals surface area contributed by atoms with Gasteiger partial charge in [0.1, 0.15) is 0 Å². The summed E-state index contributed by atoms with van der Waals surface area (Å²) in [6.07, 6.45) is 24.5. The number of hydrogen-bond donors (Lipinski definition) is 1. The van der Waals surface area contributed by atoms with E-state index in [2.05, 4.69) is 44.7 Å². The van der Waals surface area contributed by atoms with Crippen LogP contribution in [0.2, 0.25) is 0 Å². The lowest BCUT2D eigenvalue weighted by atomic mass is 9.56. The number of carbonyl (C=O) groups excluding carboxylic acids is 1. The van der Waals surface area contributed by atoms with Crippen molar-refractivity contribution in [2.45, 2.75) is 142 Å². The normalized spacial score (nSPS) is 31.9. The van der Waals surface area contributed by atoms with Gasteiger partial charge in [0.05, 0.1) is 0 Å². The van der Waals surface area contributed by atoms with Crippen LogP contribution in [0.4, 0.5) is 0 Å². The molecule has 3 fully saturated rings. The van der Waals surface area contributed by atoms with Gasteiger partial charge in [-0.2, -0.15) is 0 Å². The highest BCUT2D eigenvalue weighted by Crippen LogP contribution is 2.61. The molecular weight excluding hydrogens is 524 g/mol. The van der Waals surface area contributed by atoms with E-state index in [-0.39, 0.29) is 16.9 Å². The Morgan fingerprint density at radius 1 is 1.09 bits per heavy atom. The Bertz CT molecular complexity index is 1100. The Hall–Kier alpha value is -1.87. The zero-order valence-electron chi connectivity index (χ0n) is 28.7. The van der Waals surface area contributed by atoms with E-state index < -0.39 is 0 Å². The summed E-state index contributed by atoms with van der Waals surface area (Å²) in [6.45, 7) is 15.7. The number of allylic oxidation sites excluding steroid dienone is 2. The maximum absolute atomic E-state index is 12.7. The van der Waals surface area contributed by atoms with Crippen molar-refractivity contribution in [2.24, 2.45) is 34.3 Å². The van der Waals surface area contributed by atoms with Gasteiger partial charge in [-0.05, 0) is 143 Å². The quantitative estimate of drug-likeness (QED) is 0.218. The minimum Gasteiger partial charge on any atom is -0.342 e. The summed E-state index contributed by atoms with van der Waals surface area (Å²) in [5, 5.41) is 0. The number of nitrogens with two attached hydrogens (primary N) is 1. The van der Waals surface area contributed by atoms with E-state index in [0.717, 1.165) is 37.3 Å². The third-order valence-electron chi connectivity index (χ3n) is 12.6. The van der Waals surface area contributed by atoms with Crippen molar-refractivity contribution in [1.29, 1.82) is 0 Å². The largest absolute Gasteiger partial charge is 0.342 e. The molecule has 43 heavy (non-hydrogen) atoms. The fourth-order valence-electron chi connectivity index (χ4n) is 10.1. The molecule has 1 amide bonds. The van der Waals surface area contributed by atoms with Gasteiger partial charge >= 0.3 is 0 Å². The predicted molar refractivity (Wildman–Crippen MR) is 184 cm³/mol. The Kier molecular flexibility index (Phi) is 11.5. The first-order valence-electron chi connectivity index (χ1n) is 18.1. The summed E-state index contributed by atoms with van der Waals surface area (Å²) >= 11 is 0. The highest BCUT2D eigenvalue weighted by Gasteiger charge is 2.55. The Morgan fingerprint density at radius 2 is 1.79 bits per heavy atom. The average molecular weight is 589 g/mol. The molecule has 1 aromatic rings. The van der Waals surface area contributed by atoms with Crippen LogP contribution in [0.15, 0.2) is 48.6 Å². The minimum atomic E-state index is -0.172. The van der Waals surface area contributed by atoms with Gasteiger partial charge in [0, 0.05) is 24.7 Å². The topological polar surface area (TPSA) is 46.3 Å². The van der Waals surface area contributed by atoms with Crippen LogP contribution in [0.25, 0.3) is 0 Å².